The maximum atomic E-state index is 12.3. The third-order valence-electron chi connectivity index (χ3n) is 4.38. The van der Waals surface area contributed by atoms with Crippen molar-refractivity contribution in [3.05, 3.63) is 99.5 Å². The van der Waals surface area contributed by atoms with Crippen LogP contribution < -0.4 is 4.74 Å². The van der Waals surface area contributed by atoms with Gasteiger partial charge in [0.2, 0.25) is 5.90 Å². The van der Waals surface area contributed by atoms with Gasteiger partial charge in [0.15, 0.2) is 5.70 Å². The lowest BCUT2D eigenvalue weighted by Crippen LogP contribution is -2.05. The molecule has 0 saturated carbocycles. The van der Waals surface area contributed by atoms with Gasteiger partial charge >= 0.3 is 5.97 Å². The molecule has 0 aliphatic carbocycles. The third kappa shape index (κ3) is 5.56. The van der Waals surface area contributed by atoms with Crippen LogP contribution >= 0.6 is 77.7 Å². The maximum Gasteiger partial charge on any atom is 0.363 e. The number of esters is 1. The molecule has 0 fully saturated rings. The molecule has 1 aliphatic heterocycles. The SMILES string of the molecule is O=C1OC(c2ccc(Cl)cc2Cl)=N/C1=C\c1cc(Br)c(OCc2cccc(I)c2)c(Br)c1. The second-order valence-corrected chi connectivity index (χ2v) is 10.5. The summed E-state index contributed by atoms with van der Waals surface area (Å²) in [6.45, 7) is 0.427. The number of hydrogen-bond donors (Lipinski definition) is 0. The lowest BCUT2D eigenvalue weighted by Gasteiger charge is -2.12. The van der Waals surface area contributed by atoms with Gasteiger partial charge in [-0.25, -0.2) is 9.79 Å². The van der Waals surface area contributed by atoms with Crippen molar-refractivity contribution in [2.45, 2.75) is 6.61 Å². The number of halogens is 5. The molecule has 0 spiro atoms. The number of aliphatic imine (C=N–C) groups is 1. The minimum absolute atomic E-state index is 0.137. The van der Waals surface area contributed by atoms with Crippen molar-refractivity contribution in [2.75, 3.05) is 0 Å². The van der Waals surface area contributed by atoms with E-state index in [1.165, 1.54) is 0 Å². The molecule has 4 nitrogen and oxygen atoms in total. The first-order valence-corrected chi connectivity index (χ1v) is 12.6. The van der Waals surface area contributed by atoms with Crippen LogP contribution in [0.2, 0.25) is 10.0 Å². The molecule has 0 N–H and O–H groups in total. The first kappa shape index (κ1) is 23.8. The molecule has 32 heavy (non-hydrogen) atoms. The fourth-order valence-corrected chi connectivity index (χ4v) is 5.48. The van der Waals surface area contributed by atoms with Crippen LogP contribution in [0.3, 0.4) is 0 Å². The molecular formula is C23H12Br2Cl2INO3. The van der Waals surface area contributed by atoms with Crippen LogP contribution in [0.15, 0.2) is 74.2 Å². The zero-order valence-electron chi connectivity index (χ0n) is 16.0. The highest BCUT2D eigenvalue weighted by Gasteiger charge is 2.26. The van der Waals surface area contributed by atoms with Gasteiger partial charge in [0.1, 0.15) is 12.4 Å². The van der Waals surface area contributed by atoms with E-state index in [4.69, 9.17) is 32.7 Å². The summed E-state index contributed by atoms with van der Waals surface area (Å²) in [6.07, 6.45) is 1.64. The van der Waals surface area contributed by atoms with Crippen molar-refractivity contribution in [3.8, 4) is 5.75 Å². The van der Waals surface area contributed by atoms with Gasteiger partial charge < -0.3 is 9.47 Å². The number of carbonyl (C=O) groups is 1. The van der Waals surface area contributed by atoms with Crippen LogP contribution in [0.5, 0.6) is 5.75 Å². The molecule has 0 bridgehead atoms. The molecule has 162 valence electrons. The Hall–Kier alpha value is -1.39. The Balaban J connectivity index is 1.57. The summed E-state index contributed by atoms with van der Waals surface area (Å²) >= 11 is 21.5. The molecule has 0 aromatic heterocycles. The standard InChI is InChI=1S/C23H12Br2Cl2INO3/c24-17-7-13(8-18(25)21(17)31-11-12-2-1-3-15(28)6-12)9-20-23(30)32-22(29-20)16-5-4-14(26)10-19(16)27/h1-10H,11H2/b20-9-. The minimum atomic E-state index is -0.558. The highest BCUT2D eigenvalue weighted by Crippen LogP contribution is 2.36. The molecule has 3 aromatic carbocycles. The molecule has 1 aliphatic rings. The predicted molar refractivity (Wildman–Crippen MR) is 142 cm³/mol. The number of hydrogen-bond acceptors (Lipinski definition) is 4. The van der Waals surface area contributed by atoms with E-state index in [0.717, 1.165) is 23.6 Å². The lowest BCUT2D eigenvalue weighted by atomic mass is 10.2. The van der Waals surface area contributed by atoms with Crippen molar-refractivity contribution in [1.82, 2.24) is 0 Å². The number of benzene rings is 3. The molecule has 3 aromatic rings. The van der Waals surface area contributed by atoms with Gasteiger partial charge in [-0.3, -0.25) is 0 Å². The zero-order chi connectivity index (χ0) is 22.8. The van der Waals surface area contributed by atoms with Gasteiger partial charge in [-0.05, 0) is 114 Å². The van der Waals surface area contributed by atoms with E-state index in [0.29, 0.717) is 28.0 Å². The lowest BCUT2D eigenvalue weighted by molar-refractivity contribution is -0.129. The fraction of sp³-hybridized carbons (Fsp3) is 0.0435. The molecule has 0 atom stereocenters. The summed E-state index contributed by atoms with van der Waals surface area (Å²) in [7, 11) is 0. The third-order valence-corrected chi connectivity index (χ3v) is 6.78. The van der Waals surface area contributed by atoms with Crippen LogP contribution in [0.4, 0.5) is 0 Å². The van der Waals surface area contributed by atoms with Gasteiger partial charge in [0.25, 0.3) is 0 Å². The van der Waals surface area contributed by atoms with E-state index in [1.807, 2.05) is 30.3 Å². The first-order valence-electron chi connectivity index (χ1n) is 9.14. The molecule has 0 saturated heterocycles. The number of ether oxygens (including phenoxy) is 2. The average Bonchev–Trinajstić information content (AvgIpc) is 3.07. The van der Waals surface area contributed by atoms with E-state index in [-0.39, 0.29) is 11.6 Å². The van der Waals surface area contributed by atoms with Crippen LogP contribution in [0.25, 0.3) is 6.08 Å². The highest BCUT2D eigenvalue weighted by molar-refractivity contribution is 14.1. The van der Waals surface area contributed by atoms with E-state index in [9.17, 15) is 4.79 Å². The molecule has 0 radical (unpaired) electrons. The van der Waals surface area contributed by atoms with Crippen LogP contribution in [0, 0.1) is 3.57 Å². The number of nitrogens with zero attached hydrogens (tertiary/aromatic N) is 1. The average molecular weight is 708 g/mol. The molecule has 9 heteroatoms. The minimum Gasteiger partial charge on any atom is -0.487 e. The van der Waals surface area contributed by atoms with Gasteiger partial charge in [-0.15, -0.1) is 0 Å². The largest absolute Gasteiger partial charge is 0.487 e. The van der Waals surface area contributed by atoms with Crippen LogP contribution in [-0.2, 0) is 16.1 Å². The summed E-state index contributed by atoms with van der Waals surface area (Å²) in [4.78, 5) is 16.6. The molecule has 0 unspecified atom stereocenters. The summed E-state index contributed by atoms with van der Waals surface area (Å²) in [5.41, 5.74) is 2.47. The van der Waals surface area contributed by atoms with Crippen molar-refractivity contribution in [2.24, 2.45) is 4.99 Å². The quantitative estimate of drug-likeness (QED) is 0.153. The van der Waals surface area contributed by atoms with Gasteiger partial charge in [0, 0.05) is 8.59 Å². The zero-order valence-corrected chi connectivity index (χ0v) is 22.9. The normalized spacial score (nSPS) is 14.5. The topological polar surface area (TPSA) is 47.9 Å². The Bertz CT molecular complexity index is 1270. The fourth-order valence-electron chi connectivity index (χ4n) is 2.93. The van der Waals surface area contributed by atoms with Crippen LogP contribution in [0.1, 0.15) is 16.7 Å². The van der Waals surface area contributed by atoms with E-state index >= 15 is 0 Å². The summed E-state index contributed by atoms with van der Waals surface area (Å²) in [5.74, 6) is 0.243. The Morgan fingerprint density at radius 3 is 2.50 bits per heavy atom. The monoisotopic (exact) mass is 705 g/mol. The van der Waals surface area contributed by atoms with Gasteiger partial charge in [-0.1, -0.05) is 35.3 Å². The highest BCUT2D eigenvalue weighted by atomic mass is 127. The van der Waals surface area contributed by atoms with Crippen molar-refractivity contribution >= 4 is 95.6 Å². The summed E-state index contributed by atoms with van der Waals surface area (Å²) in [6, 6.07) is 16.7. The van der Waals surface area contributed by atoms with Crippen LogP contribution in [-0.4, -0.2) is 11.9 Å². The summed E-state index contributed by atoms with van der Waals surface area (Å²) in [5, 5.41) is 0.837. The van der Waals surface area contributed by atoms with E-state index in [1.54, 1.807) is 24.3 Å². The van der Waals surface area contributed by atoms with Crippen molar-refractivity contribution in [3.63, 3.8) is 0 Å². The second-order valence-electron chi connectivity index (χ2n) is 6.69. The Morgan fingerprint density at radius 2 is 1.81 bits per heavy atom. The summed E-state index contributed by atoms with van der Waals surface area (Å²) < 4.78 is 13.9. The Morgan fingerprint density at radius 1 is 1.06 bits per heavy atom. The second kappa shape index (κ2) is 10.3. The van der Waals surface area contributed by atoms with E-state index in [2.05, 4.69) is 65.5 Å². The van der Waals surface area contributed by atoms with E-state index < -0.39 is 5.97 Å². The molecule has 0 amide bonds. The number of cyclic esters (lactones) is 1. The van der Waals surface area contributed by atoms with Gasteiger partial charge in [0.05, 0.1) is 19.5 Å². The smallest absolute Gasteiger partial charge is 0.363 e. The first-order chi connectivity index (χ1) is 15.3. The Labute approximate surface area is 225 Å². The maximum absolute atomic E-state index is 12.3. The predicted octanol–water partition coefficient (Wildman–Crippen LogP) is 8.05. The number of carbonyl (C=O) groups excluding carboxylic acids is 1. The van der Waals surface area contributed by atoms with Crippen molar-refractivity contribution in [1.29, 1.82) is 0 Å². The molecular weight excluding hydrogens is 696 g/mol. The molecule has 1 heterocycles. The van der Waals surface area contributed by atoms with Crippen molar-refractivity contribution < 1.29 is 14.3 Å². The Kier molecular flexibility index (Phi) is 7.62. The van der Waals surface area contributed by atoms with Gasteiger partial charge in [-0.2, -0.15) is 0 Å². The number of rotatable bonds is 5. The molecule has 4 rings (SSSR count).